The molecular formula is C26H36O3S. The van der Waals surface area contributed by atoms with Gasteiger partial charge in [0.05, 0.1) is 0 Å². The van der Waals surface area contributed by atoms with Gasteiger partial charge in [-0.3, -0.25) is 9.59 Å². The maximum atomic E-state index is 13.5. The number of rotatable bonds is 4. The van der Waals surface area contributed by atoms with Crippen molar-refractivity contribution in [2.45, 2.75) is 107 Å². The van der Waals surface area contributed by atoms with Gasteiger partial charge in [0, 0.05) is 11.3 Å². The third-order valence-electron chi connectivity index (χ3n) is 7.53. The molecule has 3 nitrogen and oxygen atoms in total. The molecular weight excluding hydrogens is 392 g/mol. The van der Waals surface area contributed by atoms with Gasteiger partial charge in [-0.1, -0.05) is 58.6 Å². The molecule has 0 amide bonds. The summed E-state index contributed by atoms with van der Waals surface area (Å²) < 4.78 is 6.37. The Morgan fingerprint density at radius 1 is 0.967 bits per heavy atom. The highest BCUT2D eigenvalue weighted by Crippen LogP contribution is 2.52. The fourth-order valence-corrected chi connectivity index (χ4v) is 7.35. The van der Waals surface area contributed by atoms with Gasteiger partial charge in [-0.25, -0.2) is 0 Å². The lowest BCUT2D eigenvalue weighted by Crippen LogP contribution is -2.56. The van der Waals surface area contributed by atoms with Crippen molar-refractivity contribution in [1.82, 2.24) is 0 Å². The van der Waals surface area contributed by atoms with Gasteiger partial charge in [0.25, 0.3) is 0 Å². The molecule has 1 saturated heterocycles. The summed E-state index contributed by atoms with van der Waals surface area (Å²) in [5.41, 5.74) is 1.75. The molecule has 3 aliphatic rings. The van der Waals surface area contributed by atoms with E-state index in [-0.39, 0.29) is 17.2 Å². The predicted octanol–water partition coefficient (Wildman–Crippen LogP) is 6.39. The summed E-state index contributed by atoms with van der Waals surface area (Å²) in [6.07, 6.45) is 9.59. The van der Waals surface area contributed by atoms with Gasteiger partial charge in [0.2, 0.25) is 0 Å². The summed E-state index contributed by atoms with van der Waals surface area (Å²) >= 11 is 1.41. The van der Waals surface area contributed by atoms with Crippen molar-refractivity contribution in [3.8, 4) is 0 Å². The fraction of sp³-hybridized carbons (Fsp3) is 0.692. The van der Waals surface area contributed by atoms with E-state index in [0.29, 0.717) is 18.3 Å². The summed E-state index contributed by atoms with van der Waals surface area (Å²) in [6, 6.07) is 6.36. The standard InChI is InChI=1S/C26H36O3S/c1-17-13-14-20(25(2,3)4)22(15-17)30-23-21(27)16-26(29-24(23)28,18-9-5-6-10-18)19-11-7-8-12-19/h13-15,18-19,23H,5-12,16H2,1-4H3. The minimum atomic E-state index is -0.733. The number of aryl methyl sites for hydroxylation is 1. The molecule has 164 valence electrons. The number of ketones is 1. The largest absolute Gasteiger partial charge is 0.457 e. The van der Waals surface area contributed by atoms with Crippen molar-refractivity contribution in [3.63, 3.8) is 0 Å². The van der Waals surface area contributed by atoms with Crippen LogP contribution in [0.15, 0.2) is 23.1 Å². The number of carbonyl (C=O) groups excluding carboxylic acids is 2. The zero-order chi connectivity index (χ0) is 21.5. The van der Waals surface area contributed by atoms with Gasteiger partial charge < -0.3 is 4.74 Å². The van der Waals surface area contributed by atoms with Crippen molar-refractivity contribution in [1.29, 1.82) is 0 Å². The highest BCUT2D eigenvalue weighted by molar-refractivity contribution is 8.01. The number of thioether (sulfide) groups is 1. The van der Waals surface area contributed by atoms with E-state index in [1.807, 2.05) is 0 Å². The lowest BCUT2D eigenvalue weighted by atomic mass is 9.70. The van der Waals surface area contributed by atoms with Gasteiger partial charge in [-0.05, 0) is 67.1 Å². The molecule has 2 saturated carbocycles. The zero-order valence-electron chi connectivity index (χ0n) is 19.0. The Morgan fingerprint density at radius 2 is 1.53 bits per heavy atom. The Balaban J connectivity index is 1.61. The second-order valence-corrected chi connectivity index (χ2v) is 11.9. The van der Waals surface area contributed by atoms with E-state index < -0.39 is 10.9 Å². The molecule has 4 heteroatoms. The minimum Gasteiger partial charge on any atom is -0.457 e. The Morgan fingerprint density at radius 3 is 2.03 bits per heavy atom. The van der Waals surface area contributed by atoms with E-state index in [1.54, 1.807) is 0 Å². The van der Waals surface area contributed by atoms with Crippen LogP contribution < -0.4 is 0 Å². The van der Waals surface area contributed by atoms with Crippen LogP contribution in [0, 0.1) is 18.8 Å². The number of Topliss-reactive ketones (excluding diaryl/α,β-unsaturated/α-hetero) is 1. The first-order chi connectivity index (χ1) is 14.2. The van der Waals surface area contributed by atoms with Crippen LogP contribution in [0.2, 0.25) is 0 Å². The lowest BCUT2D eigenvalue weighted by molar-refractivity contribution is -0.185. The molecule has 3 fully saturated rings. The van der Waals surface area contributed by atoms with Crippen molar-refractivity contribution in [2.24, 2.45) is 11.8 Å². The topological polar surface area (TPSA) is 43.4 Å². The highest BCUT2D eigenvalue weighted by atomic mass is 32.2. The second kappa shape index (κ2) is 8.33. The quantitative estimate of drug-likeness (QED) is 0.412. The van der Waals surface area contributed by atoms with Gasteiger partial charge >= 0.3 is 5.97 Å². The number of esters is 1. The molecule has 1 aliphatic heterocycles. The number of cyclic esters (lactones) is 1. The SMILES string of the molecule is Cc1ccc(C(C)(C)C)c(SC2C(=O)CC(C3CCCC3)(C3CCCC3)OC2=O)c1. The van der Waals surface area contributed by atoms with Crippen LogP contribution in [0.4, 0.5) is 0 Å². The molecule has 2 aliphatic carbocycles. The maximum Gasteiger partial charge on any atom is 0.327 e. The molecule has 0 radical (unpaired) electrons. The number of hydrogen-bond donors (Lipinski definition) is 0. The van der Waals surface area contributed by atoms with Crippen molar-refractivity contribution < 1.29 is 14.3 Å². The summed E-state index contributed by atoms with van der Waals surface area (Å²) in [6.45, 7) is 8.58. The van der Waals surface area contributed by atoms with E-state index in [2.05, 4.69) is 45.9 Å². The summed E-state index contributed by atoms with van der Waals surface area (Å²) in [5, 5.41) is -0.733. The van der Waals surface area contributed by atoms with Crippen molar-refractivity contribution in [3.05, 3.63) is 29.3 Å². The molecule has 1 aromatic rings. The van der Waals surface area contributed by atoms with Crippen LogP contribution in [0.25, 0.3) is 0 Å². The normalized spacial score (nSPS) is 25.7. The van der Waals surface area contributed by atoms with Crippen LogP contribution >= 0.6 is 11.8 Å². The highest BCUT2D eigenvalue weighted by Gasteiger charge is 2.56. The Labute approximate surface area is 185 Å². The second-order valence-electron chi connectivity index (χ2n) is 10.7. The molecule has 30 heavy (non-hydrogen) atoms. The third kappa shape index (κ3) is 4.09. The number of benzene rings is 1. The van der Waals surface area contributed by atoms with E-state index in [9.17, 15) is 9.59 Å². The molecule has 1 atom stereocenters. The summed E-state index contributed by atoms with van der Waals surface area (Å²) in [4.78, 5) is 27.8. The molecule has 0 aromatic heterocycles. The third-order valence-corrected chi connectivity index (χ3v) is 8.81. The van der Waals surface area contributed by atoms with Gasteiger partial charge in [-0.15, -0.1) is 11.8 Å². The maximum absolute atomic E-state index is 13.5. The molecule has 0 N–H and O–H groups in total. The van der Waals surface area contributed by atoms with Crippen LogP contribution in [0.5, 0.6) is 0 Å². The van der Waals surface area contributed by atoms with Gasteiger partial charge in [0.15, 0.2) is 11.0 Å². The van der Waals surface area contributed by atoms with Gasteiger partial charge in [-0.2, -0.15) is 0 Å². The van der Waals surface area contributed by atoms with Crippen molar-refractivity contribution >= 4 is 23.5 Å². The first-order valence-corrected chi connectivity index (χ1v) is 12.6. The van der Waals surface area contributed by atoms with Crippen LogP contribution in [-0.2, 0) is 19.7 Å². The predicted molar refractivity (Wildman–Crippen MR) is 122 cm³/mol. The number of ether oxygens (including phenoxy) is 1. The first-order valence-electron chi connectivity index (χ1n) is 11.7. The smallest absolute Gasteiger partial charge is 0.327 e. The van der Waals surface area contributed by atoms with E-state index >= 15 is 0 Å². The van der Waals surface area contributed by atoms with Crippen LogP contribution in [0.1, 0.15) is 89.7 Å². The zero-order valence-corrected chi connectivity index (χ0v) is 19.8. The summed E-state index contributed by atoms with van der Waals surface area (Å²) in [7, 11) is 0. The fourth-order valence-electron chi connectivity index (χ4n) is 5.98. The molecule has 1 heterocycles. The first kappa shape index (κ1) is 21.9. The average molecular weight is 429 g/mol. The van der Waals surface area contributed by atoms with E-state index in [1.165, 1.54) is 43.0 Å². The monoisotopic (exact) mass is 428 g/mol. The molecule has 0 spiro atoms. The molecule has 1 aromatic carbocycles. The summed E-state index contributed by atoms with van der Waals surface area (Å²) in [5.74, 6) is 0.514. The average Bonchev–Trinajstić information content (AvgIpc) is 3.37. The lowest BCUT2D eigenvalue weighted by Gasteiger charge is -2.46. The van der Waals surface area contributed by atoms with Crippen molar-refractivity contribution in [2.75, 3.05) is 0 Å². The molecule has 1 unspecified atom stereocenters. The minimum absolute atomic E-state index is 0.0465. The van der Waals surface area contributed by atoms with E-state index in [0.717, 1.165) is 36.1 Å². The Kier molecular flexibility index (Phi) is 6.09. The number of hydrogen-bond acceptors (Lipinski definition) is 4. The molecule has 0 bridgehead atoms. The number of carbonyl (C=O) groups is 2. The van der Waals surface area contributed by atoms with E-state index in [4.69, 9.17) is 4.74 Å². The van der Waals surface area contributed by atoms with Gasteiger partial charge in [0.1, 0.15) is 5.60 Å². The Bertz CT molecular complexity index is 774. The Hall–Kier alpha value is -1.29. The van der Waals surface area contributed by atoms with Crippen LogP contribution in [-0.4, -0.2) is 22.6 Å². The van der Waals surface area contributed by atoms with Crippen LogP contribution in [0.3, 0.4) is 0 Å². The molecule has 4 rings (SSSR count).